The molecule has 1 aromatic rings. The van der Waals surface area contributed by atoms with Crippen molar-refractivity contribution in [1.29, 1.82) is 0 Å². The van der Waals surface area contributed by atoms with Crippen molar-refractivity contribution >= 4 is 18.9 Å². The molecule has 0 heterocycles. The van der Waals surface area contributed by atoms with Crippen molar-refractivity contribution in [3.05, 3.63) is 35.1 Å². The number of hydrogen-bond acceptors (Lipinski definition) is 4. The van der Waals surface area contributed by atoms with Crippen LogP contribution < -0.4 is 0 Å². The van der Waals surface area contributed by atoms with Gasteiger partial charge in [0.1, 0.15) is 11.9 Å². The lowest BCUT2D eigenvalue weighted by molar-refractivity contribution is 0.0151. The van der Waals surface area contributed by atoms with Crippen LogP contribution in [0.5, 0.6) is 0 Å². The molecule has 0 aliphatic heterocycles. The molecule has 0 saturated heterocycles. The van der Waals surface area contributed by atoms with E-state index in [4.69, 9.17) is 0 Å². The third kappa shape index (κ3) is 2.81. The van der Waals surface area contributed by atoms with E-state index < -0.39 is 18.0 Å². The summed E-state index contributed by atoms with van der Waals surface area (Å²) in [6.07, 6.45) is -1.81. The summed E-state index contributed by atoms with van der Waals surface area (Å²) in [7, 11) is 0. The van der Waals surface area contributed by atoms with E-state index in [9.17, 15) is 19.4 Å². The van der Waals surface area contributed by atoms with Crippen LogP contribution in [0.15, 0.2) is 18.2 Å². The minimum atomic E-state index is -1.34. The Kier molecular flexibility index (Phi) is 4.92. The molecule has 3 nitrogen and oxygen atoms in total. The van der Waals surface area contributed by atoms with E-state index in [1.165, 1.54) is 18.2 Å². The first-order chi connectivity index (χ1) is 7.61. The summed E-state index contributed by atoms with van der Waals surface area (Å²) in [6, 6.07) is 4.11. The van der Waals surface area contributed by atoms with Gasteiger partial charge in [-0.05, 0) is 18.2 Å². The van der Waals surface area contributed by atoms with Gasteiger partial charge in [0, 0.05) is 5.56 Å². The fourth-order valence-corrected chi connectivity index (χ4v) is 1.65. The highest BCUT2D eigenvalue weighted by atomic mass is 32.1. The molecule has 0 amide bonds. The topological polar surface area (TPSA) is 57.5 Å². The second-order valence-corrected chi connectivity index (χ2v) is 3.84. The Balaban J connectivity index is 2.99. The summed E-state index contributed by atoms with van der Waals surface area (Å²) in [5.74, 6) is -0.407. The van der Waals surface area contributed by atoms with Crippen LogP contribution in [0.25, 0.3) is 0 Å². The molecule has 0 aliphatic carbocycles. The minimum Gasteiger partial charge on any atom is -0.390 e. The molecule has 2 N–H and O–H groups in total. The first kappa shape index (κ1) is 13.2. The van der Waals surface area contributed by atoms with Gasteiger partial charge < -0.3 is 10.2 Å². The zero-order valence-electron chi connectivity index (χ0n) is 8.51. The molecule has 5 heteroatoms. The molecule has 1 aromatic carbocycles. The molecule has 16 heavy (non-hydrogen) atoms. The SMILES string of the molecule is O=Cc1cccc(C(O)C(O)CCS)c1F. The van der Waals surface area contributed by atoms with E-state index in [0.717, 1.165) is 0 Å². The summed E-state index contributed by atoms with van der Waals surface area (Å²) < 4.78 is 13.6. The van der Waals surface area contributed by atoms with Crippen LogP contribution in [0.2, 0.25) is 0 Å². The largest absolute Gasteiger partial charge is 0.390 e. The molecule has 0 radical (unpaired) electrons. The van der Waals surface area contributed by atoms with Crippen molar-refractivity contribution in [3.63, 3.8) is 0 Å². The summed E-state index contributed by atoms with van der Waals surface area (Å²) in [5.41, 5.74) is -0.200. The zero-order chi connectivity index (χ0) is 12.1. The van der Waals surface area contributed by atoms with Gasteiger partial charge in [0.05, 0.1) is 11.7 Å². The van der Waals surface area contributed by atoms with Crippen LogP contribution >= 0.6 is 12.6 Å². The van der Waals surface area contributed by atoms with Gasteiger partial charge in [-0.25, -0.2) is 4.39 Å². The van der Waals surface area contributed by atoms with Crippen LogP contribution in [0, 0.1) is 5.82 Å². The summed E-state index contributed by atoms with van der Waals surface area (Å²) in [4.78, 5) is 10.5. The second kappa shape index (κ2) is 5.98. The van der Waals surface area contributed by atoms with Crippen molar-refractivity contribution in [1.82, 2.24) is 0 Å². The number of aliphatic hydroxyl groups excluding tert-OH is 2. The smallest absolute Gasteiger partial charge is 0.153 e. The van der Waals surface area contributed by atoms with Crippen molar-refractivity contribution in [2.75, 3.05) is 5.75 Å². The molecule has 0 aromatic heterocycles. The summed E-state index contributed by atoms with van der Waals surface area (Å²) in [6.45, 7) is 0. The molecule has 88 valence electrons. The number of carbonyl (C=O) groups excluding carboxylic acids is 1. The Morgan fingerprint density at radius 1 is 1.44 bits per heavy atom. The Hall–Kier alpha value is -0.910. The van der Waals surface area contributed by atoms with Gasteiger partial charge in [0.25, 0.3) is 0 Å². The number of thiol groups is 1. The molecule has 0 fully saturated rings. The first-order valence-corrected chi connectivity index (χ1v) is 5.45. The normalized spacial score (nSPS) is 14.5. The predicted octanol–water partition coefficient (Wildman–Crippen LogP) is 1.35. The Labute approximate surface area is 98.3 Å². The van der Waals surface area contributed by atoms with E-state index in [1.54, 1.807) is 0 Å². The number of aliphatic hydroxyl groups is 2. The number of aldehydes is 1. The average molecular weight is 244 g/mol. The maximum absolute atomic E-state index is 13.6. The Morgan fingerprint density at radius 3 is 2.69 bits per heavy atom. The van der Waals surface area contributed by atoms with Crippen molar-refractivity contribution in [2.24, 2.45) is 0 Å². The fraction of sp³-hybridized carbons (Fsp3) is 0.364. The van der Waals surface area contributed by atoms with Gasteiger partial charge in [-0.1, -0.05) is 12.1 Å². The van der Waals surface area contributed by atoms with Gasteiger partial charge in [-0.2, -0.15) is 12.6 Å². The number of rotatable bonds is 5. The third-order valence-corrected chi connectivity index (χ3v) is 2.55. The van der Waals surface area contributed by atoms with E-state index in [1.807, 2.05) is 0 Å². The van der Waals surface area contributed by atoms with Crippen molar-refractivity contribution in [2.45, 2.75) is 18.6 Å². The van der Waals surface area contributed by atoms with E-state index in [2.05, 4.69) is 12.6 Å². The van der Waals surface area contributed by atoms with E-state index in [0.29, 0.717) is 12.0 Å². The fourth-order valence-electron chi connectivity index (χ4n) is 1.39. The van der Waals surface area contributed by atoms with E-state index >= 15 is 0 Å². The quantitative estimate of drug-likeness (QED) is 0.541. The van der Waals surface area contributed by atoms with Crippen LogP contribution in [0.1, 0.15) is 28.4 Å². The molecule has 0 spiro atoms. The maximum Gasteiger partial charge on any atom is 0.153 e. The van der Waals surface area contributed by atoms with Gasteiger partial charge in [0.2, 0.25) is 0 Å². The summed E-state index contributed by atoms with van der Waals surface area (Å²) >= 11 is 3.91. The molecular weight excluding hydrogens is 231 g/mol. The van der Waals surface area contributed by atoms with Crippen molar-refractivity contribution in [3.8, 4) is 0 Å². The van der Waals surface area contributed by atoms with Crippen molar-refractivity contribution < 1.29 is 19.4 Å². The highest BCUT2D eigenvalue weighted by Gasteiger charge is 2.22. The number of carbonyl (C=O) groups is 1. The zero-order valence-corrected chi connectivity index (χ0v) is 9.40. The van der Waals surface area contributed by atoms with Crippen LogP contribution in [-0.2, 0) is 0 Å². The average Bonchev–Trinajstić information content (AvgIpc) is 2.29. The molecule has 1 rings (SSSR count). The van der Waals surface area contributed by atoms with E-state index in [-0.39, 0.29) is 17.5 Å². The molecule has 2 atom stereocenters. The standard InChI is InChI=1S/C11H13FO3S/c12-10-7(6-13)2-1-3-8(10)11(15)9(14)4-5-16/h1-3,6,9,11,14-16H,4-5H2. The molecule has 0 saturated carbocycles. The van der Waals surface area contributed by atoms with Crippen LogP contribution in [-0.4, -0.2) is 28.4 Å². The highest BCUT2D eigenvalue weighted by molar-refractivity contribution is 7.80. The maximum atomic E-state index is 13.6. The molecule has 0 aliphatic rings. The second-order valence-electron chi connectivity index (χ2n) is 3.39. The molecule has 2 unspecified atom stereocenters. The number of hydrogen-bond donors (Lipinski definition) is 3. The van der Waals surface area contributed by atoms with Gasteiger partial charge in [-0.3, -0.25) is 4.79 Å². The highest BCUT2D eigenvalue weighted by Crippen LogP contribution is 2.23. The lowest BCUT2D eigenvalue weighted by Crippen LogP contribution is -2.20. The van der Waals surface area contributed by atoms with Crippen LogP contribution in [0.3, 0.4) is 0 Å². The number of benzene rings is 1. The minimum absolute atomic E-state index is 0.0705. The summed E-state index contributed by atoms with van der Waals surface area (Å²) in [5, 5.41) is 19.2. The number of halogens is 1. The molecular formula is C11H13FO3S. The Bertz CT molecular complexity index is 370. The Morgan fingerprint density at radius 2 is 2.12 bits per heavy atom. The van der Waals surface area contributed by atoms with Gasteiger partial charge >= 0.3 is 0 Å². The van der Waals surface area contributed by atoms with Gasteiger partial charge in [0.15, 0.2) is 6.29 Å². The molecule has 0 bridgehead atoms. The first-order valence-electron chi connectivity index (χ1n) is 4.82. The van der Waals surface area contributed by atoms with Gasteiger partial charge in [-0.15, -0.1) is 0 Å². The third-order valence-electron chi connectivity index (χ3n) is 2.29. The monoisotopic (exact) mass is 244 g/mol. The lowest BCUT2D eigenvalue weighted by atomic mass is 10.00. The van der Waals surface area contributed by atoms with Crippen LogP contribution in [0.4, 0.5) is 4.39 Å². The lowest BCUT2D eigenvalue weighted by Gasteiger charge is -2.18. The predicted molar refractivity (Wildman–Crippen MR) is 61.2 cm³/mol.